The smallest absolute Gasteiger partial charge is 0.223 e. The minimum Gasteiger partial charge on any atom is -0.355 e. The van der Waals surface area contributed by atoms with E-state index in [9.17, 15) is 13.6 Å². The average molecular weight is 265 g/mol. The van der Waals surface area contributed by atoms with Crippen LogP contribution >= 0.6 is 0 Å². The zero-order valence-corrected chi connectivity index (χ0v) is 10.7. The molecule has 0 spiro atoms. The lowest BCUT2D eigenvalue weighted by Crippen LogP contribution is -2.30. The molecule has 0 radical (unpaired) electrons. The molecule has 1 fully saturated rings. The van der Waals surface area contributed by atoms with Crippen molar-refractivity contribution in [2.24, 2.45) is 5.92 Å². The van der Waals surface area contributed by atoms with Gasteiger partial charge in [-0.3, -0.25) is 4.79 Å². The van der Waals surface area contributed by atoms with Gasteiger partial charge in [0.15, 0.2) is 11.6 Å². The van der Waals surface area contributed by atoms with E-state index >= 15 is 0 Å². The molecule has 4 heteroatoms. The largest absolute Gasteiger partial charge is 0.355 e. The SMILES string of the molecule is C=CC[C@H]1CC[C@H](c2cccc(F)c2F)CNC1=O. The monoisotopic (exact) mass is 265 g/mol. The predicted octanol–water partition coefficient (Wildman–Crippen LogP) is 3.15. The number of benzene rings is 1. The maximum atomic E-state index is 13.8. The van der Waals surface area contributed by atoms with Crippen LogP contribution in [0, 0.1) is 17.6 Å². The minimum absolute atomic E-state index is 0.0285. The number of carbonyl (C=O) groups is 1. The number of carbonyl (C=O) groups excluding carboxylic acids is 1. The topological polar surface area (TPSA) is 29.1 Å². The van der Waals surface area contributed by atoms with Crippen molar-refractivity contribution < 1.29 is 13.6 Å². The summed E-state index contributed by atoms with van der Waals surface area (Å²) in [5.74, 6) is -1.95. The maximum absolute atomic E-state index is 13.8. The highest BCUT2D eigenvalue weighted by Gasteiger charge is 2.26. The molecule has 1 amide bonds. The molecule has 1 heterocycles. The highest BCUT2D eigenvalue weighted by atomic mass is 19.2. The first kappa shape index (κ1) is 13.7. The van der Waals surface area contributed by atoms with Gasteiger partial charge < -0.3 is 5.32 Å². The Morgan fingerprint density at radius 3 is 2.89 bits per heavy atom. The first-order valence-electron chi connectivity index (χ1n) is 6.46. The molecule has 1 N–H and O–H groups in total. The fourth-order valence-corrected chi connectivity index (χ4v) is 2.53. The molecule has 1 aliphatic rings. The molecule has 2 nitrogen and oxygen atoms in total. The van der Waals surface area contributed by atoms with Crippen LogP contribution in [0.15, 0.2) is 30.9 Å². The van der Waals surface area contributed by atoms with Gasteiger partial charge >= 0.3 is 0 Å². The first-order chi connectivity index (χ1) is 9.13. The summed E-state index contributed by atoms with van der Waals surface area (Å²) in [6, 6.07) is 4.19. The van der Waals surface area contributed by atoms with Crippen molar-refractivity contribution >= 4 is 5.91 Å². The Balaban J connectivity index is 2.16. The normalized spacial score (nSPS) is 23.6. The van der Waals surface area contributed by atoms with Crippen LogP contribution in [-0.2, 0) is 4.79 Å². The van der Waals surface area contributed by atoms with Crippen LogP contribution in [-0.4, -0.2) is 12.5 Å². The van der Waals surface area contributed by atoms with Crippen LogP contribution in [0.1, 0.15) is 30.7 Å². The highest BCUT2D eigenvalue weighted by molar-refractivity contribution is 5.79. The van der Waals surface area contributed by atoms with Crippen molar-refractivity contribution in [2.45, 2.75) is 25.2 Å². The second-order valence-corrected chi connectivity index (χ2v) is 4.88. The van der Waals surface area contributed by atoms with Gasteiger partial charge in [0.2, 0.25) is 5.91 Å². The number of halogens is 2. The maximum Gasteiger partial charge on any atom is 0.223 e. The number of nitrogens with one attached hydrogen (secondary N) is 1. The number of amides is 1. The van der Waals surface area contributed by atoms with E-state index in [4.69, 9.17) is 0 Å². The van der Waals surface area contributed by atoms with Crippen LogP contribution in [0.5, 0.6) is 0 Å². The first-order valence-corrected chi connectivity index (χ1v) is 6.46. The van der Waals surface area contributed by atoms with Crippen molar-refractivity contribution in [1.29, 1.82) is 0 Å². The molecule has 102 valence electrons. The van der Waals surface area contributed by atoms with E-state index in [0.717, 1.165) is 6.07 Å². The summed E-state index contributed by atoms with van der Waals surface area (Å²) in [5, 5.41) is 2.80. The summed E-state index contributed by atoms with van der Waals surface area (Å²) in [5.41, 5.74) is 0.347. The van der Waals surface area contributed by atoms with Gasteiger partial charge in [-0.2, -0.15) is 0 Å². The lowest BCUT2D eigenvalue weighted by molar-refractivity contribution is -0.124. The summed E-state index contributed by atoms with van der Waals surface area (Å²) in [6.45, 7) is 3.99. The second kappa shape index (κ2) is 5.95. The van der Waals surface area contributed by atoms with Crippen molar-refractivity contribution in [3.63, 3.8) is 0 Å². The lowest BCUT2D eigenvalue weighted by Gasteiger charge is -2.15. The quantitative estimate of drug-likeness (QED) is 0.836. The Labute approximate surface area is 111 Å². The molecule has 0 unspecified atom stereocenters. The zero-order valence-electron chi connectivity index (χ0n) is 10.7. The van der Waals surface area contributed by atoms with E-state index in [1.165, 1.54) is 6.07 Å². The van der Waals surface area contributed by atoms with Gasteiger partial charge in [0.25, 0.3) is 0 Å². The van der Waals surface area contributed by atoms with E-state index in [1.807, 2.05) is 0 Å². The van der Waals surface area contributed by atoms with Crippen LogP contribution in [0.4, 0.5) is 8.78 Å². The summed E-state index contributed by atoms with van der Waals surface area (Å²) in [7, 11) is 0. The average Bonchev–Trinajstić information content (AvgIpc) is 2.57. The molecule has 2 atom stereocenters. The van der Waals surface area contributed by atoms with Crippen LogP contribution < -0.4 is 5.32 Å². The molecule has 0 aliphatic carbocycles. The molecule has 0 aromatic heterocycles. The fourth-order valence-electron chi connectivity index (χ4n) is 2.53. The third-order valence-electron chi connectivity index (χ3n) is 3.63. The zero-order chi connectivity index (χ0) is 13.8. The van der Waals surface area contributed by atoms with E-state index < -0.39 is 11.6 Å². The van der Waals surface area contributed by atoms with Crippen molar-refractivity contribution in [3.05, 3.63) is 48.1 Å². The summed E-state index contributed by atoms with van der Waals surface area (Å²) in [6.07, 6.45) is 3.66. The number of hydrogen-bond donors (Lipinski definition) is 1. The highest BCUT2D eigenvalue weighted by Crippen LogP contribution is 2.29. The fraction of sp³-hybridized carbons (Fsp3) is 0.400. The third-order valence-corrected chi connectivity index (χ3v) is 3.63. The van der Waals surface area contributed by atoms with Gasteiger partial charge in [-0.25, -0.2) is 8.78 Å². The Kier molecular flexibility index (Phi) is 4.30. The summed E-state index contributed by atoms with van der Waals surface area (Å²) < 4.78 is 27.0. The summed E-state index contributed by atoms with van der Waals surface area (Å²) >= 11 is 0. The molecule has 2 rings (SSSR count). The van der Waals surface area contributed by atoms with E-state index in [2.05, 4.69) is 11.9 Å². The Bertz CT molecular complexity index is 487. The lowest BCUT2D eigenvalue weighted by atomic mass is 9.90. The molecule has 0 saturated carbocycles. The third kappa shape index (κ3) is 3.00. The molecule has 19 heavy (non-hydrogen) atoms. The summed E-state index contributed by atoms with van der Waals surface area (Å²) in [4.78, 5) is 11.8. The predicted molar refractivity (Wildman–Crippen MR) is 69.6 cm³/mol. The van der Waals surface area contributed by atoms with Gasteiger partial charge in [-0.1, -0.05) is 18.2 Å². The number of rotatable bonds is 3. The van der Waals surface area contributed by atoms with Gasteiger partial charge in [0.05, 0.1) is 0 Å². The van der Waals surface area contributed by atoms with Crippen LogP contribution in [0.2, 0.25) is 0 Å². The molecule has 0 bridgehead atoms. The van der Waals surface area contributed by atoms with Gasteiger partial charge in [-0.05, 0) is 30.9 Å². The number of hydrogen-bond acceptors (Lipinski definition) is 1. The van der Waals surface area contributed by atoms with E-state index in [0.29, 0.717) is 31.4 Å². The van der Waals surface area contributed by atoms with Crippen molar-refractivity contribution in [2.75, 3.05) is 6.54 Å². The number of allylic oxidation sites excluding steroid dienone is 1. The standard InChI is InChI=1S/C15H17F2NO/c1-2-4-10-7-8-11(9-18-15(10)19)12-5-3-6-13(16)14(12)17/h2-3,5-6,10-11H,1,4,7-9H2,(H,18,19)/t10-,11-/m0/s1. The van der Waals surface area contributed by atoms with Crippen LogP contribution in [0.3, 0.4) is 0 Å². The molecule has 1 saturated heterocycles. The van der Waals surface area contributed by atoms with Crippen LogP contribution in [0.25, 0.3) is 0 Å². The van der Waals surface area contributed by atoms with Crippen molar-refractivity contribution in [1.82, 2.24) is 5.32 Å². The van der Waals surface area contributed by atoms with Gasteiger partial charge in [0.1, 0.15) is 0 Å². The molecule has 1 aromatic rings. The van der Waals surface area contributed by atoms with E-state index in [-0.39, 0.29) is 17.7 Å². The Morgan fingerprint density at radius 1 is 1.37 bits per heavy atom. The molecular weight excluding hydrogens is 248 g/mol. The van der Waals surface area contributed by atoms with E-state index in [1.54, 1.807) is 12.1 Å². The Morgan fingerprint density at radius 2 is 2.16 bits per heavy atom. The van der Waals surface area contributed by atoms with Gasteiger partial charge in [-0.15, -0.1) is 6.58 Å². The minimum atomic E-state index is -0.837. The molecule has 1 aliphatic heterocycles. The molecule has 1 aromatic carbocycles. The van der Waals surface area contributed by atoms with Crippen molar-refractivity contribution in [3.8, 4) is 0 Å². The second-order valence-electron chi connectivity index (χ2n) is 4.88. The van der Waals surface area contributed by atoms with Gasteiger partial charge in [0, 0.05) is 18.4 Å². The molecular formula is C15H17F2NO. The Hall–Kier alpha value is -1.71.